The standard InChI is InChI=1S/C19H21N3O8S/c1-2-29-19(24)16-7-8-18(30-16)31(27,28)21-11-9-20(10-12-21)17(23)13-14-5-3-4-6-15(14)22(25)26/h3-8H,2,9-13H2,1H3. The second-order valence-corrected chi connectivity index (χ2v) is 8.56. The van der Waals surface area contributed by atoms with E-state index in [0.29, 0.717) is 5.56 Å². The lowest BCUT2D eigenvalue weighted by Crippen LogP contribution is -2.50. The number of sulfonamides is 1. The molecule has 1 aromatic heterocycles. The summed E-state index contributed by atoms with van der Waals surface area (Å²) in [5.74, 6) is -1.29. The highest BCUT2D eigenvalue weighted by molar-refractivity contribution is 7.89. The molecule has 1 aromatic carbocycles. The van der Waals surface area contributed by atoms with Gasteiger partial charge in [0.1, 0.15) is 0 Å². The van der Waals surface area contributed by atoms with Gasteiger partial charge in [0.05, 0.1) is 18.0 Å². The SMILES string of the molecule is CCOC(=O)c1ccc(S(=O)(=O)N2CCN(C(=O)Cc3ccccc3[N+](=O)[O-])CC2)o1. The van der Waals surface area contributed by atoms with E-state index in [1.54, 1.807) is 13.0 Å². The Morgan fingerprint density at radius 1 is 1.13 bits per heavy atom. The largest absolute Gasteiger partial charge is 0.460 e. The molecule has 1 aliphatic rings. The molecule has 166 valence electrons. The second-order valence-electron chi connectivity index (χ2n) is 6.69. The van der Waals surface area contributed by atoms with Crippen molar-refractivity contribution < 1.29 is 32.1 Å². The quantitative estimate of drug-likeness (QED) is 0.350. The van der Waals surface area contributed by atoms with Gasteiger partial charge in [0.25, 0.3) is 15.7 Å². The molecule has 11 nitrogen and oxygen atoms in total. The number of nitro benzene ring substituents is 1. The molecular formula is C19H21N3O8S. The van der Waals surface area contributed by atoms with Gasteiger partial charge in [0.2, 0.25) is 16.8 Å². The van der Waals surface area contributed by atoms with E-state index in [1.807, 2.05) is 0 Å². The predicted octanol–water partition coefficient (Wildman–Crippen LogP) is 1.44. The smallest absolute Gasteiger partial charge is 0.374 e. The molecule has 0 radical (unpaired) electrons. The summed E-state index contributed by atoms with van der Waals surface area (Å²) >= 11 is 0. The first-order valence-corrected chi connectivity index (χ1v) is 10.9. The fourth-order valence-corrected chi connectivity index (χ4v) is 4.52. The molecule has 0 N–H and O–H groups in total. The summed E-state index contributed by atoms with van der Waals surface area (Å²) in [5, 5.41) is 10.7. The van der Waals surface area contributed by atoms with Gasteiger partial charge < -0.3 is 14.1 Å². The highest BCUT2D eigenvalue weighted by Crippen LogP contribution is 2.22. The molecule has 1 aliphatic heterocycles. The molecule has 0 unspecified atom stereocenters. The zero-order valence-electron chi connectivity index (χ0n) is 16.7. The van der Waals surface area contributed by atoms with Crippen molar-refractivity contribution in [3.63, 3.8) is 0 Å². The third-order valence-electron chi connectivity index (χ3n) is 4.77. The van der Waals surface area contributed by atoms with Gasteiger partial charge >= 0.3 is 5.97 Å². The molecule has 0 aliphatic carbocycles. The highest BCUT2D eigenvalue weighted by atomic mass is 32.2. The Hall–Kier alpha value is -3.25. The van der Waals surface area contributed by atoms with Crippen molar-refractivity contribution in [1.29, 1.82) is 0 Å². The molecule has 2 aromatic rings. The lowest BCUT2D eigenvalue weighted by Gasteiger charge is -2.33. The van der Waals surface area contributed by atoms with E-state index in [4.69, 9.17) is 9.15 Å². The topological polar surface area (TPSA) is 140 Å². The van der Waals surface area contributed by atoms with Gasteiger partial charge in [-0.3, -0.25) is 14.9 Å². The van der Waals surface area contributed by atoms with Crippen LogP contribution in [0.2, 0.25) is 0 Å². The molecule has 0 atom stereocenters. The number of carbonyl (C=O) groups excluding carboxylic acids is 2. The molecule has 0 spiro atoms. The van der Waals surface area contributed by atoms with Crippen molar-refractivity contribution in [2.75, 3.05) is 32.8 Å². The van der Waals surface area contributed by atoms with Crippen molar-refractivity contribution in [1.82, 2.24) is 9.21 Å². The number of carbonyl (C=O) groups is 2. The molecule has 1 fully saturated rings. The van der Waals surface area contributed by atoms with Crippen LogP contribution in [0.3, 0.4) is 0 Å². The zero-order valence-corrected chi connectivity index (χ0v) is 17.5. The number of benzene rings is 1. The Morgan fingerprint density at radius 2 is 1.81 bits per heavy atom. The maximum atomic E-state index is 12.8. The minimum Gasteiger partial charge on any atom is -0.460 e. The van der Waals surface area contributed by atoms with Crippen LogP contribution in [0.25, 0.3) is 0 Å². The van der Waals surface area contributed by atoms with Gasteiger partial charge in [0.15, 0.2) is 0 Å². The van der Waals surface area contributed by atoms with Crippen LogP contribution in [0.5, 0.6) is 0 Å². The Balaban J connectivity index is 1.63. The zero-order chi connectivity index (χ0) is 22.6. The van der Waals surface area contributed by atoms with Gasteiger partial charge in [0, 0.05) is 37.8 Å². The Morgan fingerprint density at radius 3 is 2.45 bits per heavy atom. The summed E-state index contributed by atoms with van der Waals surface area (Å²) in [7, 11) is -3.98. The highest BCUT2D eigenvalue weighted by Gasteiger charge is 2.33. The predicted molar refractivity (Wildman–Crippen MR) is 107 cm³/mol. The van der Waals surface area contributed by atoms with Gasteiger partial charge in [-0.25, -0.2) is 13.2 Å². The van der Waals surface area contributed by atoms with Crippen LogP contribution >= 0.6 is 0 Å². The van der Waals surface area contributed by atoms with E-state index in [2.05, 4.69) is 0 Å². The molecule has 0 bridgehead atoms. The minimum absolute atomic E-state index is 0.0282. The number of nitro groups is 1. The van der Waals surface area contributed by atoms with Crippen molar-refractivity contribution in [3.8, 4) is 0 Å². The third kappa shape index (κ3) is 4.91. The van der Waals surface area contributed by atoms with Crippen LogP contribution in [0, 0.1) is 10.1 Å². The molecule has 0 saturated carbocycles. The van der Waals surface area contributed by atoms with Crippen molar-refractivity contribution in [2.45, 2.75) is 18.4 Å². The number of hydrogen-bond donors (Lipinski definition) is 0. The van der Waals surface area contributed by atoms with Crippen LogP contribution in [0.15, 0.2) is 45.9 Å². The summed E-state index contributed by atoms with van der Waals surface area (Å²) in [4.78, 5) is 36.3. The molecule has 31 heavy (non-hydrogen) atoms. The lowest BCUT2D eigenvalue weighted by molar-refractivity contribution is -0.385. The second kappa shape index (κ2) is 9.27. The fraction of sp³-hybridized carbons (Fsp3) is 0.368. The van der Waals surface area contributed by atoms with Gasteiger partial charge in [-0.15, -0.1) is 0 Å². The first-order chi connectivity index (χ1) is 14.7. The van der Waals surface area contributed by atoms with Crippen molar-refractivity contribution in [2.24, 2.45) is 0 Å². The number of nitrogens with zero attached hydrogens (tertiary/aromatic N) is 3. The summed E-state index contributed by atoms with van der Waals surface area (Å²) < 4.78 is 36.6. The van der Waals surface area contributed by atoms with E-state index in [-0.39, 0.29) is 61.7 Å². The minimum atomic E-state index is -3.98. The third-order valence-corrected chi connectivity index (χ3v) is 6.55. The molecule has 2 heterocycles. The lowest BCUT2D eigenvalue weighted by atomic mass is 10.1. The molecule has 12 heteroatoms. The van der Waals surface area contributed by atoms with Crippen molar-refractivity contribution >= 4 is 27.6 Å². The first-order valence-electron chi connectivity index (χ1n) is 9.51. The van der Waals surface area contributed by atoms with E-state index in [0.717, 1.165) is 4.31 Å². The molecule has 1 amide bonds. The number of esters is 1. The molecule has 3 rings (SSSR count). The average Bonchev–Trinajstić information content (AvgIpc) is 3.25. The van der Waals surface area contributed by atoms with Gasteiger partial charge in [-0.1, -0.05) is 18.2 Å². The van der Waals surface area contributed by atoms with E-state index < -0.39 is 20.9 Å². The van der Waals surface area contributed by atoms with Crippen LogP contribution in [-0.4, -0.2) is 67.2 Å². The normalized spacial score (nSPS) is 14.9. The van der Waals surface area contributed by atoms with Crippen LogP contribution in [0.4, 0.5) is 5.69 Å². The summed E-state index contributed by atoms with van der Waals surface area (Å²) in [5.41, 5.74) is 0.168. The number of hydrogen-bond acceptors (Lipinski definition) is 8. The summed E-state index contributed by atoms with van der Waals surface area (Å²) in [6.07, 6.45) is -0.148. The summed E-state index contributed by atoms with van der Waals surface area (Å²) in [6.45, 7) is 2.06. The molecule has 1 saturated heterocycles. The van der Waals surface area contributed by atoms with Gasteiger partial charge in [-0.05, 0) is 19.1 Å². The Labute approximate surface area is 178 Å². The van der Waals surface area contributed by atoms with E-state index in [9.17, 15) is 28.1 Å². The van der Waals surface area contributed by atoms with Crippen LogP contribution < -0.4 is 0 Å². The van der Waals surface area contributed by atoms with Gasteiger partial charge in [-0.2, -0.15) is 4.31 Å². The van der Waals surface area contributed by atoms with Crippen LogP contribution in [-0.2, 0) is 26.0 Å². The Bertz CT molecular complexity index is 1090. The summed E-state index contributed by atoms with van der Waals surface area (Å²) in [6, 6.07) is 8.42. The number of rotatable bonds is 7. The first kappa shape index (κ1) is 22.4. The number of ether oxygens (including phenoxy) is 1. The maximum Gasteiger partial charge on any atom is 0.374 e. The fourth-order valence-electron chi connectivity index (χ4n) is 3.19. The number of piperazine rings is 1. The van der Waals surface area contributed by atoms with Crippen molar-refractivity contribution in [3.05, 3.63) is 57.8 Å². The number of furan rings is 1. The number of para-hydroxylation sites is 1. The number of amides is 1. The average molecular weight is 451 g/mol. The van der Waals surface area contributed by atoms with Crippen LogP contribution in [0.1, 0.15) is 23.0 Å². The maximum absolute atomic E-state index is 12.8. The van der Waals surface area contributed by atoms with E-state index >= 15 is 0 Å². The molecular weight excluding hydrogens is 430 g/mol. The Kier molecular flexibility index (Phi) is 6.71. The monoisotopic (exact) mass is 451 g/mol. The van der Waals surface area contributed by atoms with E-state index in [1.165, 1.54) is 35.2 Å².